The predicted octanol–water partition coefficient (Wildman–Crippen LogP) is 2.80. The highest BCUT2D eigenvalue weighted by atomic mass is 16.4. The second-order valence-electron chi connectivity index (χ2n) is 7.36. The summed E-state index contributed by atoms with van der Waals surface area (Å²) in [5.41, 5.74) is 1.24. The van der Waals surface area contributed by atoms with Crippen molar-refractivity contribution in [1.82, 2.24) is 10.2 Å². The highest BCUT2D eigenvalue weighted by molar-refractivity contribution is 5.82. The van der Waals surface area contributed by atoms with Crippen molar-refractivity contribution in [3.8, 4) is 0 Å². The van der Waals surface area contributed by atoms with Gasteiger partial charge in [0.1, 0.15) is 0 Å². The number of likely N-dealkylation sites (tertiary alicyclic amines) is 1. The third-order valence-corrected chi connectivity index (χ3v) is 5.57. The van der Waals surface area contributed by atoms with Gasteiger partial charge in [0, 0.05) is 12.6 Å². The summed E-state index contributed by atoms with van der Waals surface area (Å²) in [5.74, 6) is -0.821. The summed E-state index contributed by atoms with van der Waals surface area (Å²) in [5, 5.41) is 12.3. The van der Waals surface area contributed by atoms with Gasteiger partial charge in [-0.1, -0.05) is 36.8 Å². The third-order valence-electron chi connectivity index (χ3n) is 5.57. The number of nitrogens with one attached hydrogen (secondary N) is 1. The minimum absolute atomic E-state index is 0.0637. The lowest BCUT2D eigenvalue weighted by atomic mass is 9.86. The number of carbonyl (C=O) groups excluding carboxylic acids is 1. The number of nitrogens with zero attached hydrogens (tertiary/aromatic N) is 1. The number of amides is 1. The van der Waals surface area contributed by atoms with Crippen LogP contribution in [0.25, 0.3) is 0 Å². The Labute approximate surface area is 149 Å². The Hall–Kier alpha value is -1.88. The van der Waals surface area contributed by atoms with Crippen LogP contribution in [-0.2, 0) is 16.1 Å². The van der Waals surface area contributed by atoms with E-state index in [9.17, 15) is 9.59 Å². The maximum Gasteiger partial charge on any atom is 0.306 e. The van der Waals surface area contributed by atoms with Crippen LogP contribution < -0.4 is 5.32 Å². The van der Waals surface area contributed by atoms with E-state index in [2.05, 4.69) is 22.3 Å². The predicted molar refractivity (Wildman–Crippen MR) is 96.0 cm³/mol. The molecule has 2 fully saturated rings. The highest BCUT2D eigenvalue weighted by Crippen LogP contribution is 2.25. The summed E-state index contributed by atoms with van der Waals surface area (Å²) < 4.78 is 0. The summed E-state index contributed by atoms with van der Waals surface area (Å²) in [6.07, 6.45) is 6.01. The standard InChI is InChI=1S/C20H28N2O3/c23-19(21-17-11-9-16(10-12-17)20(24)25)18-8-4-5-13-22(18)14-15-6-2-1-3-7-15/h1-3,6-7,16-18H,4-5,8-14H2,(H,21,23)(H,24,25)/t16?,17?,18-/m0/s1. The fraction of sp³-hybridized carbons (Fsp3) is 0.600. The number of piperidine rings is 1. The second-order valence-corrected chi connectivity index (χ2v) is 7.36. The lowest BCUT2D eigenvalue weighted by Gasteiger charge is -2.36. The fourth-order valence-corrected chi connectivity index (χ4v) is 4.08. The van der Waals surface area contributed by atoms with Gasteiger partial charge in [0.25, 0.3) is 0 Å². The Bertz CT molecular complexity index is 582. The van der Waals surface area contributed by atoms with Crippen molar-refractivity contribution in [2.24, 2.45) is 5.92 Å². The topological polar surface area (TPSA) is 69.6 Å². The average molecular weight is 344 g/mol. The second kappa shape index (κ2) is 8.48. The first kappa shape index (κ1) is 17.9. The van der Waals surface area contributed by atoms with Crippen molar-refractivity contribution in [3.05, 3.63) is 35.9 Å². The van der Waals surface area contributed by atoms with Crippen molar-refractivity contribution in [3.63, 3.8) is 0 Å². The van der Waals surface area contributed by atoms with E-state index in [0.717, 1.165) is 45.2 Å². The first-order valence-corrected chi connectivity index (χ1v) is 9.44. The van der Waals surface area contributed by atoms with E-state index >= 15 is 0 Å². The van der Waals surface area contributed by atoms with Crippen LogP contribution in [0, 0.1) is 5.92 Å². The Morgan fingerprint density at radius 3 is 2.44 bits per heavy atom. The average Bonchev–Trinajstić information content (AvgIpc) is 2.63. The summed E-state index contributed by atoms with van der Waals surface area (Å²) in [7, 11) is 0. The molecule has 1 aliphatic carbocycles. The molecule has 5 nitrogen and oxygen atoms in total. The highest BCUT2D eigenvalue weighted by Gasteiger charge is 2.32. The van der Waals surface area contributed by atoms with Crippen LogP contribution >= 0.6 is 0 Å². The van der Waals surface area contributed by atoms with Gasteiger partial charge in [-0.2, -0.15) is 0 Å². The molecule has 25 heavy (non-hydrogen) atoms. The summed E-state index contributed by atoms with van der Waals surface area (Å²) in [6, 6.07) is 10.4. The lowest BCUT2D eigenvalue weighted by Crippen LogP contribution is -2.52. The maximum absolute atomic E-state index is 12.8. The van der Waals surface area contributed by atoms with Crippen molar-refractivity contribution in [2.45, 2.75) is 63.6 Å². The van der Waals surface area contributed by atoms with Crippen LogP contribution in [0.4, 0.5) is 0 Å². The van der Waals surface area contributed by atoms with Crippen LogP contribution in [0.1, 0.15) is 50.5 Å². The van der Waals surface area contributed by atoms with E-state index in [-0.39, 0.29) is 23.9 Å². The third kappa shape index (κ3) is 4.82. The molecule has 1 atom stereocenters. The van der Waals surface area contributed by atoms with Gasteiger partial charge in [-0.15, -0.1) is 0 Å². The molecule has 0 spiro atoms. The minimum atomic E-state index is -0.703. The van der Waals surface area contributed by atoms with E-state index in [4.69, 9.17) is 5.11 Å². The minimum Gasteiger partial charge on any atom is -0.481 e. The normalized spacial score (nSPS) is 27.6. The molecule has 0 aromatic heterocycles. The molecule has 0 unspecified atom stereocenters. The summed E-state index contributed by atoms with van der Waals surface area (Å²) >= 11 is 0. The van der Waals surface area contributed by atoms with E-state index < -0.39 is 5.97 Å². The van der Waals surface area contributed by atoms with Gasteiger partial charge in [0.15, 0.2) is 0 Å². The number of carbonyl (C=O) groups is 2. The summed E-state index contributed by atoms with van der Waals surface area (Å²) in [4.78, 5) is 26.2. The molecule has 1 aromatic rings. The SMILES string of the molecule is O=C(O)C1CCC(NC(=O)[C@@H]2CCCCN2Cc2ccccc2)CC1. The zero-order chi connectivity index (χ0) is 17.6. The Kier molecular flexibility index (Phi) is 6.08. The Morgan fingerprint density at radius 1 is 1.04 bits per heavy atom. The van der Waals surface area contributed by atoms with Crippen molar-refractivity contribution in [1.29, 1.82) is 0 Å². The molecule has 1 saturated carbocycles. The molecule has 2 aliphatic rings. The molecular formula is C20H28N2O3. The number of hydrogen-bond donors (Lipinski definition) is 2. The molecule has 3 rings (SSSR count). The molecule has 1 amide bonds. The van der Waals surface area contributed by atoms with E-state index in [1.54, 1.807) is 0 Å². The molecule has 1 aliphatic heterocycles. The fourth-order valence-electron chi connectivity index (χ4n) is 4.08. The molecule has 1 aromatic carbocycles. The molecule has 2 N–H and O–H groups in total. The number of carboxylic acids is 1. The van der Waals surface area contributed by atoms with Crippen LogP contribution in [0.15, 0.2) is 30.3 Å². The van der Waals surface area contributed by atoms with E-state index in [1.807, 2.05) is 18.2 Å². The van der Waals surface area contributed by atoms with Gasteiger partial charge in [0.05, 0.1) is 12.0 Å². The van der Waals surface area contributed by atoms with Gasteiger partial charge < -0.3 is 10.4 Å². The van der Waals surface area contributed by atoms with Crippen molar-refractivity contribution < 1.29 is 14.7 Å². The molecule has 1 heterocycles. The lowest BCUT2D eigenvalue weighted by molar-refractivity contribution is -0.142. The molecule has 0 bridgehead atoms. The van der Waals surface area contributed by atoms with Crippen LogP contribution in [0.3, 0.4) is 0 Å². The van der Waals surface area contributed by atoms with Crippen LogP contribution in [-0.4, -0.2) is 40.5 Å². The number of carboxylic acid groups (broad SMARTS) is 1. The maximum atomic E-state index is 12.8. The molecule has 0 radical (unpaired) electrons. The summed E-state index contributed by atoms with van der Waals surface area (Å²) in [6.45, 7) is 1.77. The van der Waals surface area contributed by atoms with Gasteiger partial charge in [-0.05, 0) is 50.6 Å². The van der Waals surface area contributed by atoms with Gasteiger partial charge in [0.2, 0.25) is 5.91 Å². The van der Waals surface area contributed by atoms with Gasteiger partial charge >= 0.3 is 5.97 Å². The zero-order valence-corrected chi connectivity index (χ0v) is 14.7. The molecule has 1 saturated heterocycles. The zero-order valence-electron chi connectivity index (χ0n) is 14.7. The van der Waals surface area contributed by atoms with Crippen LogP contribution in [0.2, 0.25) is 0 Å². The first-order valence-electron chi connectivity index (χ1n) is 9.44. The van der Waals surface area contributed by atoms with E-state index in [0.29, 0.717) is 12.8 Å². The quantitative estimate of drug-likeness (QED) is 0.862. The smallest absolute Gasteiger partial charge is 0.306 e. The number of hydrogen-bond acceptors (Lipinski definition) is 3. The molecular weight excluding hydrogens is 316 g/mol. The monoisotopic (exact) mass is 344 g/mol. The van der Waals surface area contributed by atoms with E-state index in [1.165, 1.54) is 5.56 Å². The van der Waals surface area contributed by atoms with Gasteiger partial charge in [-0.25, -0.2) is 0 Å². The van der Waals surface area contributed by atoms with Crippen LogP contribution in [0.5, 0.6) is 0 Å². The largest absolute Gasteiger partial charge is 0.481 e. The first-order chi connectivity index (χ1) is 12.1. The molecule has 136 valence electrons. The van der Waals surface area contributed by atoms with Gasteiger partial charge in [-0.3, -0.25) is 14.5 Å². The Balaban J connectivity index is 1.55. The number of rotatable bonds is 5. The Morgan fingerprint density at radius 2 is 1.76 bits per heavy atom. The number of aliphatic carboxylic acids is 1. The molecule has 5 heteroatoms. The van der Waals surface area contributed by atoms with Crippen molar-refractivity contribution in [2.75, 3.05) is 6.54 Å². The van der Waals surface area contributed by atoms with Crippen molar-refractivity contribution >= 4 is 11.9 Å². The number of benzene rings is 1.